The summed E-state index contributed by atoms with van der Waals surface area (Å²) < 4.78 is 0. The molecule has 0 saturated heterocycles. The molecule has 1 rings (SSSR count). The van der Waals surface area contributed by atoms with Crippen molar-refractivity contribution >= 4 is 0 Å². The van der Waals surface area contributed by atoms with Crippen molar-refractivity contribution in [2.75, 3.05) is 0 Å². The third kappa shape index (κ3) is 1.01. The van der Waals surface area contributed by atoms with E-state index in [1.807, 2.05) is 0 Å². The summed E-state index contributed by atoms with van der Waals surface area (Å²) in [5.41, 5.74) is 7.07. The Labute approximate surface area is 56.9 Å². The molecule has 0 aromatic carbocycles. The number of hydrogen-bond acceptors (Lipinski definition) is 1. The molecule has 1 heteroatoms. The van der Waals surface area contributed by atoms with Gasteiger partial charge in [0.25, 0.3) is 0 Å². The van der Waals surface area contributed by atoms with E-state index in [4.69, 9.17) is 5.73 Å². The highest BCUT2D eigenvalue weighted by molar-refractivity contribution is 5.21. The SMILES string of the molecule is C=C1C(C)CCC1(C)N. The quantitative estimate of drug-likeness (QED) is 0.490. The van der Waals surface area contributed by atoms with Crippen LogP contribution < -0.4 is 5.73 Å². The second kappa shape index (κ2) is 1.84. The minimum Gasteiger partial charge on any atom is -0.322 e. The van der Waals surface area contributed by atoms with Crippen LogP contribution in [0.1, 0.15) is 26.7 Å². The van der Waals surface area contributed by atoms with Crippen molar-refractivity contribution in [3.05, 3.63) is 12.2 Å². The lowest BCUT2D eigenvalue weighted by atomic mass is 9.95. The highest BCUT2D eigenvalue weighted by Gasteiger charge is 2.32. The first-order chi connectivity index (χ1) is 4.04. The van der Waals surface area contributed by atoms with Crippen LogP contribution >= 0.6 is 0 Å². The Hall–Kier alpha value is -0.300. The second-order valence-electron chi connectivity index (χ2n) is 3.38. The molecule has 1 saturated carbocycles. The fourth-order valence-electron chi connectivity index (χ4n) is 1.41. The molecule has 9 heavy (non-hydrogen) atoms. The van der Waals surface area contributed by atoms with Crippen molar-refractivity contribution in [2.45, 2.75) is 32.2 Å². The smallest absolute Gasteiger partial charge is 0.0340 e. The maximum atomic E-state index is 5.91. The molecule has 0 aromatic rings. The van der Waals surface area contributed by atoms with Crippen LogP contribution in [0.15, 0.2) is 12.2 Å². The first-order valence-corrected chi connectivity index (χ1v) is 3.52. The van der Waals surface area contributed by atoms with Crippen molar-refractivity contribution < 1.29 is 0 Å². The summed E-state index contributed by atoms with van der Waals surface area (Å²) in [5.74, 6) is 0.639. The minimum atomic E-state index is -0.0700. The molecular weight excluding hydrogens is 110 g/mol. The van der Waals surface area contributed by atoms with E-state index in [1.165, 1.54) is 12.0 Å². The molecule has 0 spiro atoms. The van der Waals surface area contributed by atoms with Crippen molar-refractivity contribution in [3.63, 3.8) is 0 Å². The zero-order valence-electron chi connectivity index (χ0n) is 6.28. The Morgan fingerprint density at radius 3 is 2.44 bits per heavy atom. The predicted molar refractivity (Wildman–Crippen MR) is 40.1 cm³/mol. The first-order valence-electron chi connectivity index (χ1n) is 3.52. The summed E-state index contributed by atoms with van der Waals surface area (Å²) in [6.45, 7) is 8.23. The van der Waals surface area contributed by atoms with Gasteiger partial charge < -0.3 is 5.73 Å². The van der Waals surface area contributed by atoms with Crippen LogP contribution in [0.2, 0.25) is 0 Å². The van der Waals surface area contributed by atoms with Crippen LogP contribution in [0.5, 0.6) is 0 Å². The summed E-state index contributed by atoms with van der Waals surface area (Å²) in [6.07, 6.45) is 2.32. The van der Waals surface area contributed by atoms with Gasteiger partial charge in [0.15, 0.2) is 0 Å². The molecule has 0 aromatic heterocycles. The average Bonchev–Trinajstić information content (AvgIpc) is 1.97. The number of hydrogen-bond donors (Lipinski definition) is 1. The third-order valence-electron chi connectivity index (χ3n) is 2.43. The summed E-state index contributed by atoms with van der Waals surface area (Å²) >= 11 is 0. The molecule has 0 aliphatic heterocycles. The highest BCUT2D eigenvalue weighted by atomic mass is 14.7. The van der Waals surface area contributed by atoms with E-state index >= 15 is 0 Å². The molecule has 0 bridgehead atoms. The summed E-state index contributed by atoms with van der Waals surface area (Å²) in [4.78, 5) is 0. The van der Waals surface area contributed by atoms with E-state index in [0.29, 0.717) is 5.92 Å². The van der Waals surface area contributed by atoms with Gasteiger partial charge in [0, 0.05) is 5.54 Å². The van der Waals surface area contributed by atoms with Gasteiger partial charge in [0.05, 0.1) is 0 Å². The van der Waals surface area contributed by atoms with Gasteiger partial charge in [-0.05, 0) is 25.7 Å². The molecule has 0 heterocycles. The third-order valence-corrected chi connectivity index (χ3v) is 2.43. The lowest BCUT2D eigenvalue weighted by Gasteiger charge is -2.19. The maximum Gasteiger partial charge on any atom is 0.0340 e. The van der Waals surface area contributed by atoms with E-state index in [9.17, 15) is 0 Å². The molecular formula is C8H15N. The topological polar surface area (TPSA) is 26.0 Å². The summed E-state index contributed by atoms with van der Waals surface area (Å²) in [5, 5.41) is 0. The molecule has 1 nitrogen and oxygen atoms in total. The van der Waals surface area contributed by atoms with Crippen LogP contribution in [0, 0.1) is 5.92 Å². The minimum absolute atomic E-state index is 0.0700. The summed E-state index contributed by atoms with van der Waals surface area (Å²) in [6, 6.07) is 0. The molecule has 1 fully saturated rings. The van der Waals surface area contributed by atoms with Crippen LogP contribution in [-0.2, 0) is 0 Å². The standard InChI is InChI=1S/C8H15N/c1-6-4-5-8(3,9)7(6)2/h6H,2,4-5,9H2,1,3H3. The fourth-order valence-corrected chi connectivity index (χ4v) is 1.41. The van der Waals surface area contributed by atoms with Gasteiger partial charge in [-0.1, -0.05) is 19.1 Å². The van der Waals surface area contributed by atoms with Gasteiger partial charge in [-0.3, -0.25) is 0 Å². The van der Waals surface area contributed by atoms with Gasteiger partial charge in [-0.15, -0.1) is 0 Å². The Morgan fingerprint density at radius 2 is 2.33 bits per heavy atom. The van der Waals surface area contributed by atoms with E-state index in [-0.39, 0.29) is 5.54 Å². The fraction of sp³-hybridized carbons (Fsp3) is 0.750. The number of nitrogens with two attached hydrogens (primary N) is 1. The van der Waals surface area contributed by atoms with Crippen molar-refractivity contribution in [3.8, 4) is 0 Å². The largest absolute Gasteiger partial charge is 0.322 e. The lowest BCUT2D eigenvalue weighted by Crippen LogP contribution is -2.34. The Balaban J connectivity index is 2.74. The molecule has 2 atom stereocenters. The van der Waals surface area contributed by atoms with Gasteiger partial charge in [0.2, 0.25) is 0 Å². The highest BCUT2D eigenvalue weighted by Crippen LogP contribution is 2.35. The van der Waals surface area contributed by atoms with E-state index in [2.05, 4.69) is 20.4 Å². The Morgan fingerprint density at radius 1 is 1.78 bits per heavy atom. The zero-order valence-corrected chi connectivity index (χ0v) is 6.28. The molecule has 0 amide bonds. The monoisotopic (exact) mass is 125 g/mol. The van der Waals surface area contributed by atoms with E-state index in [0.717, 1.165) is 6.42 Å². The lowest BCUT2D eigenvalue weighted by molar-refractivity contribution is 0.565. The normalized spacial score (nSPS) is 43.9. The van der Waals surface area contributed by atoms with Crippen molar-refractivity contribution in [1.29, 1.82) is 0 Å². The summed E-state index contributed by atoms with van der Waals surface area (Å²) in [7, 11) is 0. The van der Waals surface area contributed by atoms with Crippen molar-refractivity contribution in [2.24, 2.45) is 11.7 Å². The Bertz CT molecular complexity index is 136. The van der Waals surface area contributed by atoms with Crippen molar-refractivity contribution in [1.82, 2.24) is 0 Å². The zero-order chi connectivity index (χ0) is 7.07. The van der Waals surface area contributed by atoms with Crippen LogP contribution in [0.3, 0.4) is 0 Å². The maximum absolute atomic E-state index is 5.91. The predicted octanol–water partition coefficient (Wildman–Crippen LogP) is 1.69. The van der Waals surface area contributed by atoms with Crippen LogP contribution in [0.25, 0.3) is 0 Å². The van der Waals surface area contributed by atoms with Crippen LogP contribution in [-0.4, -0.2) is 5.54 Å². The van der Waals surface area contributed by atoms with Gasteiger partial charge in [-0.25, -0.2) is 0 Å². The molecule has 52 valence electrons. The van der Waals surface area contributed by atoms with E-state index in [1.54, 1.807) is 0 Å². The van der Waals surface area contributed by atoms with Gasteiger partial charge >= 0.3 is 0 Å². The average molecular weight is 125 g/mol. The molecule has 2 unspecified atom stereocenters. The first kappa shape index (κ1) is 6.81. The Kier molecular flexibility index (Phi) is 1.39. The molecule has 2 N–H and O–H groups in total. The number of rotatable bonds is 0. The molecule has 1 aliphatic carbocycles. The van der Waals surface area contributed by atoms with Gasteiger partial charge in [-0.2, -0.15) is 0 Å². The second-order valence-corrected chi connectivity index (χ2v) is 3.38. The molecule has 1 aliphatic rings. The molecule has 0 radical (unpaired) electrons. The van der Waals surface area contributed by atoms with E-state index < -0.39 is 0 Å². The van der Waals surface area contributed by atoms with Gasteiger partial charge in [0.1, 0.15) is 0 Å². The van der Waals surface area contributed by atoms with Crippen LogP contribution in [0.4, 0.5) is 0 Å².